The van der Waals surface area contributed by atoms with Gasteiger partial charge in [-0.15, -0.1) is 0 Å². The van der Waals surface area contributed by atoms with Crippen LogP contribution in [0.15, 0.2) is 93.7 Å². The van der Waals surface area contributed by atoms with Crippen molar-refractivity contribution >= 4 is 56.2 Å². The van der Waals surface area contributed by atoms with Crippen molar-refractivity contribution in [2.75, 3.05) is 12.3 Å². The highest BCUT2D eigenvalue weighted by Crippen LogP contribution is 2.34. The summed E-state index contributed by atoms with van der Waals surface area (Å²) in [5.41, 5.74) is 3.20. The summed E-state index contributed by atoms with van der Waals surface area (Å²) < 4.78 is 22.8. The molecule has 43 heavy (non-hydrogen) atoms. The highest BCUT2D eigenvalue weighted by atomic mass is 32.2. The van der Waals surface area contributed by atoms with Crippen molar-refractivity contribution in [1.82, 2.24) is 15.5 Å². The second-order valence-corrected chi connectivity index (χ2v) is 12.4. The van der Waals surface area contributed by atoms with Crippen molar-refractivity contribution in [2.24, 2.45) is 15.1 Å². The molecular formula is C30H30N6O5S2. The van der Waals surface area contributed by atoms with Crippen LogP contribution in [-0.2, 0) is 37.4 Å². The summed E-state index contributed by atoms with van der Waals surface area (Å²) in [6.45, 7) is 0.750. The monoisotopic (exact) mass is 618 g/mol. The molecule has 0 unspecified atom stereocenters. The van der Waals surface area contributed by atoms with Gasteiger partial charge >= 0.3 is 0 Å². The standard InChI is InChI=1S/C30H30N6O5S2/c31-43(40,41)22-12-10-20(11-13-22)16-17-32-27(38)19-42-30-35-24-9-5-4-8-23(24)28-34-25(29(39)36(28)30)14-15-26(37)33-18-21-6-2-1-3-7-21/h1-13,25H,14-19H2,(H,32,38)(H,33,37)(H2,31,40,41)/t25-/m1/s1. The smallest absolute Gasteiger partial charge is 0.259 e. The third kappa shape index (κ3) is 7.55. The van der Waals surface area contributed by atoms with E-state index in [-0.39, 0.29) is 41.2 Å². The van der Waals surface area contributed by atoms with Crippen LogP contribution in [0.4, 0.5) is 5.69 Å². The molecule has 2 aliphatic heterocycles. The molecule has 0 saturated heterocycles. The second kappa shape index (κ2) is 13.3. The Morgan fingerprint density at radius 1 is 0.907 bits per heavy atom. The Kier molecular flexibility index (Phi) is 9.34. The van der Waals surface area contributed by atoms with Crippen molar-refractivity contribution in [1.29, 1.82) is 0 Å². The number of amides is 3. The summed E-state index contributed by atoms with van der Waals surface area (Å²) in [6.07, 6.45) is 0.887. The zero-order valence-corrected chi connectivity index (χ0v) is 24.7. The summed E-state index contributed by atoms with van der Waals surface area (Å²) in [6, 6.07) is 22.4. The van der Waals surface area contributed by atoms with E-state index in [9.17, 15) is 22.8 Å². The SMILES string of the molecule is NS(=O)(=O)c1ccc(CCNC(=O)CSC2=Nc3ccccc3C3=N[C@H](CCC(=O)NCc4ccccc4)C(=O)N23)cc1. The molecule has 5 rings (SSSR count). The number of para-hydroxylation sites is 1. The number of carbonyl (C=O) groups excluding carboxylic acids is 3. The number of fused-ring (bicyclic) bond motifs is 3. The minimum atomic E-state index is -3.76. The summed E-state index contributed by atoms with van der Waals surface area (Å²) in [4.78, 5) is 49.3. The summed E-state index contributed by atoms with van der Waals surface area (Å²) >= 11 is 1.13. The minimum Gasteiger partial charge on any atom is -0.355 e. The van der Waals surface area contributed by atoms with Gasteiger partial charge in [-0.1, -0.05) is 66.4 Å². The van der Waals surface area contributed by atoms with Crippen molar-refractivity contribution in [3.8, 4) is 0 Å². The lowest BCUT2D eigenvalue weighted by Gasteiger charge is -2.25. The van der Waals surface area contributed by atoms with E-state index < -0.39 is 16.1 Å². The van der Waals surface area contributed by atoms with Crippen LogP contribution in [0, 0.1) is 0 Å². The van der Waals surface area contributed by atoms with Gasteiger partial charge in [0.1, 0.15) is 11.9 Å². The van der Waals surface area contributed by atoms with E-state index in [0.717, 1.165) is 22.9 Å². The highest BCUT2D eigenvalue weighted by Gasteiger charge is 2.41. The predicted molar refractivity (Wildman–Crippen MR) is 165 cm³/mol. The molecule has 0 bridgehead atoms. The first kappa shape index (κ1) is 30.1. The maximum Gasteiger partial charge on any atom is 0.259 e. The molecule has 0 saturated carbocycles. The summed E-state index contributed by atoms with van der Waals surface area (Å²) in [7, 11) is -3.76. The van der Waals surface area contributed by atoms with Crippen molar-refractivity contribution in [3.63, 3.8) is 0 Å². The zero-order chi connectivity index (χ0) is 30.4. The van der Waals surface area contributed by atoms with Crippen LogP contribution < -0.4 is 15.8 Å². The molecule has 4 N–H and O–H groups in total. The maximum atomic E-state index is 13.5. The molecule has 0 aromatic heterocycles. The molecule has 0 fully saturated rings. The number of carbonyl (C=O) groups is 3. The van der Waals surface area contributed by atoms with E-state index in [1.807, 2.05) is 54.6 Å². The van der Waals surface area contributed by atoms with Crippen LogP contribution in [0.3, 0.4) is 0 Å². The number of rotatable bonds is 11. The lowest BCUT2D eigenvalue weighted by molar-refractivity contribution is -0.125. The number of thioether (sulfide) groups is 1. The molecular weight excluding hydrogens is 589 g/mol. The minimum absolute atomic E-state index is 0.0228. The number of primary sulfonamides is 1. The Hall–Kier alpha value is -4.33. The lowest BCUT2D eigenvalue weighted by atomic mass is 10.1. The summed E-state index contributed by atoms with van der Waals surface area (Å²) in [5, 5.41) is 11.2. The maximum absolute atomic E-state index is 13.5. The van der Waals surface area contributed by atoms with Crippen LogP contribution in [0.5, 0.6) is 0 Å². The number of nitrogens with one attached hydrogen (secondary N) is 2. The van der Waals surface area contributed by atoms with Gasteiger partial charge < -0.3 is 10.6 Å². The summed E-state index contributed by atoms with van der Waals surface area (Å²) in [5.74, 6) is -0.201. The zero-order valence-electron chi connectivity index (χ0n) is 23.1. The molecule has 1 atom stereocenters. The van der Waals surface area contributed by atoms with Gasteiger partial charge in [-0.2, -0.15) is 0 Å². The molecule has 11 nitrogen and oxygen atoms in total. The van der Waals surface area contributed by atoms with E-state index in [0.29, 0.717) is 41.8 Å². The topological polar surface area (TPSA) is 163 Å². The van der Waals surface area contributed by atoms with Gasteiger partial charge in [0, 0.05) is 25.1 Å². The number of hydrogen-bond acceptors (Lipinski definition) is 8. The van der Waals surface area contributed by atoms with E-state index in [2.05, 4.69) is 20.6 Å². The van der Waals surface area contributed by atoms with Crippen molar-refractivity contribution in [2.45, 2.75) is 36.7 Å². The van der Waals surface area contributed by atoms with Gasteiger partial charge in [-0.3, -0.25) is 19.4 Å². The lowest BCUT2D eigenvalue weighted by Crippen LogP contribution is -2.42. The van der Waals surface area contributed by atoms with Crippen LogP contribution >= 0.6 is 11.8 Å². The molecule has 0 spiro atoms. The number of nitrogens with zero attached hydrogens (tertiary/aromatic N) is 3. The largest absolute Gasteiger partial charge is 0.355 e. The Bertz CT molecular complexity index is 1690. The fourth-order valence-corrected chi connectivity index (χ4v) is 5.96. The van der Waals surface area contributed by atoms with E-state index in [1.54, 1.807) is 12.1 Å². The van der Waals surface area contributed by atoms with Gasteiger partial charge in [0.2, 0.25) is 21.8 Å². The third-order valence-electron chi connectivity index (χ3n) is 6.85. The number of benzene rings is 3. The quantitative estimate of drug-likeness (QED) is 0.299. The molecule has 3 aromatic rings. The number of aliphatic imine (C=N–C) groups is 2. The molecule has 13 heteroatoms. The average molecular weight is 619 g/mol. The van der Waals surface area contributed by atoms with Gasteiger partial charge in [0.05, 0.1) is 16.3 Å². The first-order valence-corrected chi connectivity index (χ1v) is 16.1. The fraction of sp³-hybridized carbons (Fsp3) is 0.233. The number of sulfonamides is 1. The molecule has 3 aromatic carbocycles. The van der Waals surface area contributed by atoms with E-state index in [4.69, 9.17) is 5.14 Å². The molecule has 0 aliphatic carbocycles. The van der Waals surface area contributed by atoms with Crippen molar-refractivity contribution < 1.29 is 22.8 Å². The van der Waals surface area contributed by atoms with Crippen LogP contribution in [0.1, 0.15) is 29.5 Å². The third-order valence-corrected chi connectivity index (χ3v) is 8.71. The number of amidine groups is 2. The van der Waals surface area contributed by atoms with E-state index >= 15 is 0 Å². The van der Waals surface area contributed by atoms with Crippen molar-refractivity contribution in [3.05, 3.63) is 95.6 Å². The average Bonchev–Trinajstić information content (AvgIpc) is 3.34. The molecule has 222 valence electrons. The Morgan fingerprint density at radius 2 is 1.63 bits per heavy atom. The second-order valence-electron chi connectivity index (χ2n) is 9.93. The highest BCUT2D eigenvalue weighted by molar-refractivity contribution is 8.14. The predicted octanol–water partition coefficient (Wildman–Crippen LogP) is 2.48. The van der Waals surface area contributed by atoms with Crippen LogP contribution in [0.2, 0.25) is 0 Å². The first-order chi connectivity index (χ1) is 20.7. The molecule has 3 amide bonds. The Labute approximate surface area is 253 Å². The van der Waals surface area contributed by atoms with Gasteiger partial charge in [0.15, 0.2) is 5.17 Å². The molecule has 2 aliphatic rings. The van der Waals surface area contributed by atoms with Gasteiger partial charge in [0.25, 0.3) is 5.91 Å². The molecule has 0 radical (unpaired) electrons. The molecule has 2 heterocycles. The van der Waals surface area contributed by atoms with Crippen LogP contribution in [0.25, 0.3) is 0 Å². The fourth-order valence-electron chi connectivity index (χ4n) is 4.61. The first-order valence-electron chi connectivity index (χ1n) is 13.6. The number of nitrogens with two attached hydrogens (primary N) is 1. The Balaban J connectivity index is 1.16. The number of hydrogen-bond donors (Lipinski definition) is 3. The van der Waals surface area contributed by atoms with E-state index in [1.165, 1.54) is 17.0 Å². The van der Waals surface area contributed by atoms with Gasteiger partial charge in [-0.25, -0.2) is 23.4 Å². The van der Waals surface area contributed by atoms with Gasteiger partial charge in [-0.05, 0) is 48.2 Å². The van der Waals surface area contributed by atoms with Crippen LogP contribution in [-0.4, -0.2) is 60.4 Å². The normalized spacial score (nSPS) is 15.7. The Morgan fingerprint density at radius 3 is 2.37 bits per heavy atom.